The van der Waals surface area contributed by atoms with Gasteiger partial charge in [0, 0.05) is 46.0 Å². The van der Waals surface area contributed by atoms with Gasteiger partial charge < -0.3 is 25.0 Å². The van der Waals surface area contributed by atoms with Crippen molar-refractivity contribution in [2.45, 2.75) is 44.9 Å². The van der Waals surface area contributed by atoms with Crippen molar-refractivity contribution in [3.63, 3.8) is 0 Å². The first-order valence-electron chi connectivity index (χ1n) is 9.48. The molecule has 7 nitrogen and oxygen atoms in total. The first-order valence-corrected chi connectivity index (χ1v) is 9.48. The third-order valence-electron chi connectivity index (χ3n) is 4.99. The Hall–Kier alpha value is -1.13. The minimum absolute atomic E-state index is 0. The molecule has 8 heteroatoms. The number of nitrogens with one attached hydrogen (secondary N) is 2. The van der Waals surface area contributed by atoms with Crippen LogP contribution < -0.4 is 15.5 Å². The number of pyridine rings is 1. The van der Waals surface area contributed by atoms with Crippen LogP contribution in [0.2, 0.25) is 0 Å². The van der Waals surface area contributed by atoms with Gasteiger partial charge in [-0.2, -0.15) is 0 Å². The third kappa shape index (κ3) is 6.46. The van der Waals surface area contributed by atoms with Crippen LogP contribution in [0.5, 0.6) is 0 Å². The van der Waals surface area contributed by atoms with Crippen LogP contribution in [-0.2, 0) is 16.0 Å². The molecule has 0 bridgehead atoms. The Kier molecular flexibility index (Phi) is 8.56. The molecule has 2 aliphatic heterocycles. The summed E-state index contributed by atoms with van der Waals surface area (Å²) < 4.78 is 11.4. The minimum Gasteiger partial charge on any atom is -0.375 e. The number of aliphatic imine (C=N–C) groups is 1. The maximum Gasteiger partial charge on any atom is 0.191 e. The average Bonchev–Trinajstić information content (AvgIpc) is 3.09. The fraction of sp³-hybridized carbons (Fsp3) is 0.684. The highest BCUT2D eigenvalue weighted by Crippen LogP contribution is 2.23. The first kappa shape index (κ1) is 22.2. The van der Waals surface area contributed by atoms with Crippen LogP contribution >= 0.6 is 24.0 Å². The summed E-state index contributed by atoms with van der Waals surface area (Å²) in [6.45, 7) is 9.09. The molecule has 3 heterocycles. The van der Waals surface area contributed by atoms with Gasteiger partial charge in [-0.15, -0.1) is 24.0 Å². The number of rotatable bonds is 5. The van der Waals surface area contributed by atoms with E-state index in [1.54, 1.807) is 7.05 Å². The molecule has 1 aromatic rings. The molecular weight excluding hydrogens is 457 g/mol. The summed E-state index contributed by atoms with van der Waals surface area (Å²) in [4.78, 5) is 11.2. The fourth-order valence-electron chi connectivity index (χ4n) is 3.39. The number of halogens is 1. The zero-order chi connectivity index (χ0) is 18.4. The van der Waals surface area contributed by atoms with Gasteiger partial charge in [0.15, 0.2) is 5.96 Å². The molecule has 0 aliphatic carbocycles. The summed E-state index contributed by atoms with van der Waals surface area (Å²) in [5.74, 6) is 1.80. The van der Waals surface area contributed by atoms with Gasteiger partial charge in [0.2, 0.25) is 0 Å². The smallest absolute Gasteiger partial charge is 0.191 e. The van der Waals surface area contributed by atoms with Crippen molar-refractivity contribution in [1.29, 1.82) is 0 Å². The van der Waals surface area contributed by atoms with E-state index in [0.717, 1.165) is 63.0 Å². The SMILES string of the molecule is CN=C(NCc1ccc(N2CCOC(C)C2)nc1)NCC1(C)CCCO1.I. The molecule has 152 valence electrons. The van der Waals surface area contributed by atoms with Crippen molar-refractivity contribution in [2.75, 3.05) is 44.8 Å². The summed E-state index contributed by atoms with van der Waals surface area (Å²) in [5.41, 5.74) is 1.04. The van der Waals surface area contributed by atoms with E-state index < -0.39 is 0 Å². The standard InChI is InChI=1S/C19H31N5O2.HI/c1-15-13-24(8-10-25-15)17-6-5-16(11-21-17)12-22-18(20-3)23-14-19(2)7-4-9-26-19;/h5-6,11,15H,4,7-10,12-14H2,1-3H3,(H2,20,22,23);1H. The number of hydrogen-bond acceptors (Lipinski definition) is 5. The van der Waals surface area contributed by atoms with Crippen molar-refractivity contribution < 1.29 is 9.47 Å². The van der Waals surface area contributed by atoms with Crippen molar-refractivity contribution in [3.8, 4) is 0 Å². The van der Waals surface area contributed by atoms with E-state index in [9.17, 15) is 0 Å². The van der Waals surface area contributed by atoms with Crippen LogP contribution in [0.3, 0.4) is 0 Å². The molecule has 2 N–H and O–H groups in total. The molecule has 2 unspecified atom stereocenters. The summed E-state index contributed by atoms with van der Waals surface area (Å²) in [5, 5.41) is 6.70. The van der Waals surface area contributed by atoms with Crippen LogP contribution in [0, 0.1) is 0 Å². The lowest BCUT2D eigenvalue weighted by molar-refractivity contribution is 0.0243. The molecular formula is C19H32IN5O2. The maximum atomic E-state index is 5.81. The first-order chi connectivity index (χ1) is 12.6. The lowest BCUT2D eigenvalue weighted by Gasteiger charge is -2.32. The number of ether oxygens (including phenoxy) is 2. The molecule has 2 saturated heterocycles. The van der Waals surface area contributed by atoms with Crippen molar-refractivity contribution in [3.05, 3.63) is 23.9 Å². The lowest BCUT2D eigenvalue weighted by atomic mass is 10.0. The van der Waals surface area contributed by atoms with E-state index in [-0.39, 0.29) is 35.7 Å². The van der Waals surface area contributed by atoms with Gasteiger partial charge >= 0.3 is 0 Å². The second-order valence-corrected chi connectivity index (χ2v) is 7.33. The van der Waals surface area contributed by atoms with Crippen molar-refractivity contribution in [2.24, 2.45) is 4.99 Å². The van der Waals surface area contributed by atoms with E-state index in [1.165, 1.54) is 0 Å². The topological polar surface area (TPSA) is 71.0 Å². The van der Waals surface area contributed by atoms with E-state index >= 15 is 0 Å². The Labute approximate surface area is 179 Å². The predicted molar refractivity (Wildman–Crippen MR) is 119 cm³/mol. The summed E-state index contributed by atoms with van der Waals surface area (Å²) >= 11 is 0. The molecule has 2 aliphatic rings. The second-order valence-electron chi connectivity index (χ2n) is 7.33. The Morgan fingerprint density at radius 1 is 1.37 bits per heavy atom. The van der Waals surface area contributed by atoms with E-state index in [1.807, 2.05) is 6.20 Å². The predicted octanol–water partition coefficient (Wildman–Crippen LogP) is 2.16. The second kappa shape index (κ2) is 10.4. The zero-order valence-electron chi connectivity index (χ0n) is 16.5. The molecule has 0 aromatic carbocycles. The third-order valence-corrected chi connectivity index (χ3v) is 4.99. The Morgan fingerprint density at radius 2 is 2.22 bits per heavy atom. The van der Waals surface area contributed by atoms with Crippen LogP contribution in [-0.4, -0.2) is 62.5 Å². The fourth-order valence-corrected chi connectivity index (χ4v) is 3.39. The molecule has 0 spiro atoms. The van der Waals surface area contributed by atoms with Gasteiger partial charge in [-0.1, -0.05) is 6.07 Å². The van der Waals surface area contributed by atoms with Crippen molar-refractivity contribution >= 4 is 35.8 Å². The van der Waals surface area contributed by atoms with Crippen LogP contribution in [0.4, 0.5) is 5.82 Å². The number of anilines is 1. The van der Waals surface area contributed by atoms with Gasteiger partial charge in [-0.25, -0.2) is 4.98 Å². The number of hydrogen-bond donors (Lipinski definition) is 2. The molecule has 3 rings (SSSR count). The summed E-state index contributed by atoms with van der Waals surface area (Å²) in [6, 6.07) is 4.20. The molecule has 0 radical (unpaired) electrons. The molecule has 1 aromatic heterocycles. The Balaban J connectivity index is 0.00000261. The zero-order valence-corrected chi connectivity index (χ0v) is 18.9. The van der Waals surface area contributed by atoms with Gasteiger partial charge in [0.05, 0.1) is 18.3 Å². The molecule has 2 fully saturated rings. The van der Waals surface area contributed by atoms with Gasteiger partial charge in [-0.3, -0.25) is 4.99 Å². The van der Waals surface area contributed by atoms with Crippen LogP contribution in [0.1, 0.15) is 32.3 Å². The Morgan fingerprint density at radius 3 is 2.85 bits per heavy atom. The quantitative estimate of drug-likeness (QED) is 0.376. The molecule has 0 amide bonds. The van der Waals surface area contributed by atoms with E-state index in [4.69, 9.17) is 9.47 Å². The monoisotopic (exact) mass is 489 g/mol. The normalized spacial score (nSPS) is 25.8. The minimum atomic E-state index is -0.0872. The maximum absolute atomic E-state index is 5.81. The van der Waals surface area contributed by atoms with Gasteiger partial charge in [0.25, 0.3) is 0 Å². The molecule has 0 saturated carbocycles. The average molecular weight is 489 g/mol. The highest BCUT2D eigenvalue weighted by Gasteiger charge is 2.29. The van der Waals surface area contributed by atoms with E-state index in [2.05, 4.69) is 51.5 Å². The lowest BCUT2D eigenvalue weighted by Crippen LogP contribution is -2.45. The molecule has 2 atom stereocenters. The van der Waals surface area contributed by atoms with Crippen LogP contribution in [0.25, 0.3) is 0 Å². The number of guanidine groups is 1. The van der Waals surface area contributed by atoms with Gasteiger partial charge in [0.1, 0.15) is 5.82 Å². The highest BCUT2D eigenvalue weighted by atomic mass is 127. The number of morpholine rings is 1. The number of nitrogens with zero attached hydrogens (tertiary/aromatic N) is 3. The summed E-state index contributed by atoms with van der Waals surface area (Å²) in [7, 11) is 1.79. The van der Waals surface area contributed by atoms with Crippen LogP contribution in [0.15, 0.2) is 23.3 Å². The number of aromatic nitrogens is 1. The van der Waals surface area contributed by atoms with Gasteiger partial charge in [-0.05, 0) is 38.3 Å². The summed E-state index contributed by atoms with van der Waals surface area (Å²) in [6.07, 6.45) is 4.40. The van der Waals surface area contributed by atoms with E-state index in [0.29, 0.717) is 6.54 Å². The molecule has 27 heavy (non-hydrogen) atoms. The Bertz CT molecular complexity index is 605. The highest BCUT2D eigenvalue weighted by molar-refractivity contribution is 14.0. The largest absolute Gasteiger partial charge is 0.375 e. The van der Waals surface area contributed by atoms with Crippen molar-refractivity contribution in [1.82, 2.24) is 15.6 Å².